The van der Waals surface area contributed by atoms with Gasteiger partial charge in [-0.25, -0.2) is 8.78 Å². The van der Waals surface area contributed by atoms with E-state index in [-0.39, 0.29) is 6.04 Å². The first-order valence-electron chi connectivity index (χ1n) is 4.33. The van der Waals surface area contributed by atoms with E-state index in [2.05, 4.69) is 11.9 Å². The molecule has 14 heavy (non-hydrogen) atoms. The monoisotopic (exact) mass is 197 g/mol. The van der Waals surface area contributed by atoms with Crippen LogP contribution < -0.4 is 5.32 Å². The van der Waals surface area contributed by atoms with E-state index in [1.807, 2.05) is 6.92 Å². The lowest BCUT2D eigenvalue weighted by atomic mass is 10.0. The average molecular weight is 197 g/mol. The molecule has 3 heteroatoms. The van der Waals surface area contributed by atoms with E-state index < -0.39 is 11.6 Å². The summed E-state index contributed by atoms with van der Waals surface area (Å²) < 4.78 is 25.8. The van der Waals surface area contributed by atoms with Crippen LogP contribution in [0.2, 0.25) is 0 Å². The van der Waals surface area contributed by atoms with Gasteiger partial charge in [0.25, 0.3) is 0 Å². The first-order valence-corrected chi connectivity index (χ1v) is 4.33. The summed E-state index contributed by atoms with van der Waals surface area (Å²) in [6.45, 7) is 5.56. The van der Waals surface area contributed by atoms with E-state index >= 15 is 0 Å². The number of halogens is 2. The van der Waals surface area contributed by atoms with Gasteiger partial charge in [-0.15, -0.1) is 0 Å². The third kappa shape index (κ3) is 2.39. The van der Waals surface area contributed by atoms with Crippen LogP contribution >= 0.6 is 0 Å². The first-order chi connectivity index (χ1) is 6.54. The topological polar surface area (TPSA) is 12.0 Å². The Morgan fingerprint density at radius 3 is 2.14 bits per heavy atom. The zero-order valence-corrected chi connectivity index (χ0v) is 8.27. The van der Waals surface area contributed by atoms with Gasteiger partial charge in [0.2, 0.25) is 0 Å². The minimum Gasteiger partial charge on any atom is -0.310 e. The van der Waals surface area contributed by atoms with Gasteiger partial charge in [0.15, 0.2) is 0 Å². The second kappa shape index (κ2) is 4.33. The zero-order chi connectivity index (χ0) is 10.7. The van der Waals surface area contributed by atoms with Crippen LogP contribution in [0.4, 0.5) is 8.78 Å². The molecule has 0 spiro atoms. The Bertz CT molecular complexity index is 327. The van der Waals surface area contributed by atoms with Crippen molar-refractivity contribution in [2.75, 3.05) is 7.05 Å². The fourth-order valence-electron chi connectivity index (χ4n) is 1.44. The van der Waals surface area contributed by atoms with Crippen molar-refractivity contribution < 1.29 is 8.78 Å². The van der Waals surface area contributed by atoms with Gasteiger partial charge in [0.1, 0.15) is 11.6 Å². The zero-order valence-electron chi connectivity index (χ0n) is 8.27. The average Bonchev–Trinajstić information content (AvgIpc) is 2.02. The highest BCUT2D eigenvalue weighted by Gasteiger charge is 2.11. The quantitative estimate of drug-likeness (QED) is 0.735. The minimum atomic E-state index is -0.568. The number of benzene rings is 1. The molecule has 0 saturated heterocycles. The molecule has 1 atom stereocenters. The van der Waals surface area contributed by atoms with Crippen molar-refractivity contribution in [3.8, 4) is 0 Å². The van der Waals surface area contributed by atoms with E-state index in [0.717, 1.165) is 11.6 Å². The third-order valence-corrected chi connectivity index (χ3v) is 2.00. The Morgan fingerprint density at radius 2 is 1.79 bits per heavy atom. The van der Waals surface area contributed by atoms with Crippen LogP contribution in [0.3, 0.4) is 0 Å². The van der Waals surface area contributed by atoms with E-state index in [1.54, 1.807) is 7.05 Å². The first kappa shape index (κ1) is 10.9. The van der Waals surface area contributed by atoms with Crippen molar-refractivity contribution in [2.24, 2.45) is 0 Å². The summed E-state index contributed by atoms with van der Waals surface area (Å²) in [6, 6.07) is 3.26. The van der Waals surface area contributed by atoms with Crippen LogP contribution in [-0.4, -0.2) is 7.05 Å². The number of hydrogen-bond donors (Lipinski definition) is 1. The van der Waals surface area contributed by atoms with Crippen LogP contribution in [-0.2, 0) is 0 Å². The Balaban J connectivity index is 3.10. The second-order valence-electron chi connectivity index (χ2n) is 3.27. The largest absolute Gasteiger partial charge is 0.310 e. The van der Waals surface area contributed by atoms with Gasteiger partial charge < -0.3 is 5.32 Å². The second-order valence-corrected chi connectivity index (χ2v) is 3.27. The summed E-state index contributed by atoms with van der Waals surface area (Å²) in [5.74, 6) is -1.14. The molecule has 0 saturated carbocycles. The van der Waals surface area contributed by atoms with E-state index in [9.17, 15) is 8.78 Å². The van der Waals surface area contributed by atoms with E-state index in [1.165, 1.54) is 12.1 Å². The maximum Gasteiger partial charge on any atom is 0.126 e. The van der Waals surface area contributed by atoms with Crippen molar-refractivity contribution in [3.05, 3.63) is 47.5 Å². The van der Waals surface area contributed by atoms with Gasteiger partial charge in [-0.1, -0.05) is 12.2 Å². The van der Waals surface area contributed by atoms with Crippen LogP contribution in [0.25, 0.3) is 0 Å². The molecule has 0 aliphatic carbocycles. The lowest BCUT2D eigenvalue weighted by molar-refractivity contribution is 0.570. The number of likely N-dealkylation sites (N-methyl/N-ethyl adjacent to an activating group) is 1. The predicted molar refractivity (Wildman–Crippen MR) is 53.0 cm³/mol. The molecule has 0 heterocycles. The molecule has 0 aromatic heterocycles. The van der Waals surface area contributed by atoms with E-state index in [0.29, 0.717) is 5.56 Å². The summed E-state index contributed by atoms with van der Waals surface area (Å²) >= 11 is 0. The molecule has 76 valence electrons. The minimum absolute atomic E-state index is 0.208. The summed E-state index contributed by atoms with van der Waals surface area (Å²) in [4.78, 5) is 0. The normalized spacial score (nSPS) is 12.6. The van der Waals surface area contributed by atoms with E-state index in [4.69, 9.17) is 0 Å². The maximum atomic E-state index is 12.9. The fourth-order valence-corrected chi connectivity index (χ4v) is 1.44. The molecule has 1 aromatic carbocycles. The van der Waals surface area contributed by atoms with Gasteiger partial charge in [-0.05, 0) is 31.7 Å². The molecule has 1 unspecified atom stereocenters. The molecule has 0 fully saturated rings. The summed E-state index contributed by atoms with van der Waals surface area (Å²) in [5.41, 5.74) is 1.37. The Morgan fingerprint density at radius 1 is 1.29 bits per heavy atom. The third-order valence-electron chi connectivity index (χ3n) is 2.00. The van der Waals surface area contributed by atoms with Gasteiger partial charge in [-0.2, -0.15) is 0 Å². The van der Waals surface area contributed by atoms with Crippen LogP contribution in [0, 0.1) is 11.6 Å². The standard InChI is InChI=1S/C11H13F2N/c1-7(2)11(14-3)8-4-9(12)6-10(13)5-8/h4-6,11,14H,1H2,2-3H3. The SMILES string of the molecule is C=C(C)C(NC)c1cc(F)cc(F)c1. The highest BCUT2D eigenvalue weighted by atomic mass is 19.1. The molecule has 0 bridgehead atoms. The summed E-state index contributed by atoms with van der Waals surface area (Å²) in [7, 11) is 1.72. The lowest BCUT2D eigenvalue weighted by Gasteiger charge is -2.16. The van der Waals surface area contributed by atoms with Crippen LogP contribution in [0.1, 0.15) is 18.5 Å². The van der Waals surface area contributed by atoms with Crippen molar-refractivity contribution in [1.82, 2.24) is 5.32 Å². The van der Waals surface area contributed by atoms with Crippen molar-refractivity contribution in [1.29, 1.82) is 0 Å². The predicted octanol–water partition coefficient (Wildman–Crippen LogP) is 2.80. The van der Waals surface area contributed by atoms with Gasteiger partial charge >= 0.3 is 0 Å². The molecular weight excluding hydrogens is 184 g/mol. The summed E-state index contributed by atoms with van der Waals surface area (Å²) in [6.07, 6.45) is 0. The number of nitrogens with one attached hydrogen (secondary N) is 1. The Hall–Kier alpha value is -1.22. The molecular formula is C11H13F2N. The van der Waals surface area contributed by atoms with Crippen LogP contribution in [0.15, 0.2) is 30.4 Å². The molecule has 1 nitrogen and oxygen atoms in total. The highest BCUT2D eigenvalue weighted by Crippen LogP contribution is 2.21. The smallest absolute Gasteiger partial charge is 0.126 e. The van der Waals surface area contributed by atoms with Gasteiger partial charge in [0.05, 0.1) is 6.04 Å². The fraction of sp³-hybridized carbons (Fsp3) is 0.273. The highest BCUT2D eigenvalue weighted by molar-refractivity contribution is 5.27. The Labute approximate surface area is 82.4 Å². The van der Waals surface area contributed by atoms with Crippen molar-refractivity contribution >= 4 is 0 Å². The number of hydrogen-bond acceptors (Lipinski definition) is 1. The van der Waals surface area contributed by atoms with Crippen molar-refractivity contribution in [3.63, 3.8) is 0 Å². The van der Waals surface area contributed by atoms with Crippen LogP contribution in [0.5, 0.6) is 0 Å². The molecule has 0 aliphatic heterocycles. The Kier molecular flexibility index (Phi) is 3.36. The molecule has 1 N–H and O–H groups in total. The molecule has 0 amide bonds. The molecule has 0 aliphatic rings. The van der Waals surface area contributed by atoms with Gasteiger partial charge in [0, 0.05) is 6.07 Å². The van der Waals surface area contributed by atoms with Gasteiger partial charge in [-0.3, -0.25) is 0 Å². The molecule has 1 aromatic rings. The lowest BCUT2D eigenvalue weighted by Crippen LogP contribution is -2.17. The molecule has 1 rings (SSSR count). The molecule has 0 radical (unpaired) electrons. The van der Waals surface area contributed by atoms with Crippen molar-refractivity contribution in [2.45, 2.75) is 13.0 Å². The number of rotatable bonds is 3. The summed E-state index contributed by atoms with van der Waals surface area (Å²) in [5, 5.41) is 2.94. The maximum absolute atomic E-state index is 12.9.